The van der Waals surface area contributed by atoms with E-state index in [-0.39, 0.29) is 0 Å². The van der Waals surface area contributed by atoms with Crippen LogP contribution in [0, 0.1) is 5.92 Å². The SMILES string of the molecule is O=C(O)C(CS)Cc1ccc(-c2ccccc2)cc1. The normalized spacial score (nSPS) is 12.1. The highest BCUT2D eigenvalue weighted by Gasteiger charge is 2.15. The summed E-state index contributed by atoms with van der Waals surface area (Å²) >= 11 is 4.08. The zero-order valence-corrected chi connectivity index (χ0v) is 11.4. The molecule has 0 fully saturated rings. The number of hydrogen-bond donors (Lipinski definition) is 2. The third kappa shape index (κ3) is 3.61. The first kappa shape index (κ1) is 13.7. The van der Waals surface area contributed by atoms with E-state index in [2.05, 4.69) is 24.8 Å². The monoisotopic (exact) mass is 272 g/mol. The average molecular weight is 272 g/mol. The molecule has 0 amide bonds. The molecule has 1 atom stereocenters. The molecule has 2 aromatic rings. The Hall–Kier alpha value is -1.74. The van der Waals surface area contributed by atoms with Crippen LogP contribution in [0.15, 0.2) is 54.6 Å². The van der Waals surface area contributed by atoms with E-state index in [0.717, 1.165) is 16.7 Å². The van der Waals surface area contributed by atoms with E-state index in [0.29, 0.717) is 12.2 Å². The van der Waals surface area contributed by atoms with Crippen molar-refractivity contribution >= 4 is 18.6 Å². The fourth-order valence-corrected chi connectivity index (χ4v) is 2.26. The molecule has 0 aliphatic rings. The maximum absolute atomic E-state index is 11.0. The molecular weight excluding hydrogens is 256 g/mol. The van der Waals surface area contributed by atoms with Gasteiger partial charge in [0.05, 0.1) is 5.92 Å². The smallest absolute Gasteiger partial charge is 0.307 e. The fraction of sp³-hybridized carbons (Fsp3) is 0.188. The Morgan fingerprint density at radius 1 is 1.00 bits per heavy atom. The second kappa shape index (κ2) is 6.43. The van der Waals surface area contributed by atoms with E-state index in [1.807, 2.05) is 42.5 Å². The highest BCUT2D eigenvalue weighted by molar-refractivity contribution is 7.80. The standard InChI is InChI=1S/C16H16O2S/c17-16(18)15(11-19)10-12-6-8-14(9-7-12)13-4-2-1-3-5-13/h1-9,15,19H,10-11H2,(H,17,18). The number of benzene rings is 2. The van der Waals surface area contributed by atoms with Crippen molar-refractivity contribution in [1.82, 2.24) is 0 Å². The fourth-order valence-electron chi connectivity index (χ4n) is 1.98. The van der Waals surface area contributed by atoms with Gasteiger partial charge in [-0.3, -0.25) is 4.79 Å². The lowest BCUT2D eigenvalue weighted by molar-refractivity contribution is -0.140. The van der Waals surface area contributed by atoms with E-state index in [9.17, 15) is 4.79 Å². The summed E-state index contributed by atoms with van der Waals surface area (Å²) in [4.78, 5) is 11.0. The maximum Gasteiger partial charge on any atom is 0.307 e. The molecule has 0 heterocycles. The van der Waals surface area contributed by atoms with Crippen LogP contribution in [0.5, 0.6) is 0 Å². The summed E-state index contributed by atoms with van der Waals surface area (Å²) in [5.41, 5.74) is 3.33. The Labute approximate surface area is 118 Å². The Morgan fingerprint density at radius 2 is 1.58 bits per heavy atom. The van der Waals surface area contributed by atoms with Crippen LogP contribution in [0.1, 0.15) is 5.56 Å². The van der Waals surface area contributed by atoms with Gasteiger partial charge in [0.2, 0.25) is 0 Å². The van der Waals surface area contributed by atoms with Crippen molar-refractivity contribution in [1.29, 1.82) is 0 Å². The Kier molecular flexibility index (Phi) is 4.63. The topological polar surface area (TPSA) is 37.3 Å². The molecule has 0 aromatic heterocycles. The molecule has 19 heavy (non-hydrogen) atoms. The molecule has 1 unspecified atom stereocenters. The summed E-state index contributed by atoms with van der Waals surface area (Å²) < 4.78 is 0. The van der Waals surface area contributed by atoms with Gasteiger partial charge < -0.3 is 5.11 Å². The minimum Gasteiger partial charge on any atom is -0.481 e. The number of thiol groups is 1. The number of rotatable bonds is 5. The van der Waals surface area contributed by atoms with Crippen LogP contribution in [0.25, 0.3) is 11.1 Å². The molecule has 0 saturated carbocycles. The second-order valence-electron chi connectivity index (χ2n) is 4.48. The minimum atomic E-state index is -0.790. The van der Waals surface area contributed by atoms with E-state index in [1.165, 1.54) is 0 Å². The third-order valence-corrected chi connectivity index (χ3v) is 3.55. The lowest BCUT2D eigenvalue weighted by Crippen LogP contribution is -2.17. The molecule has 3 heteroatoms. The maximum atomic E-state index is 11.0. The van der Waals surface area contributed by atoms with Crippen LogP contribution in [0.4, 0.5) is 0 Å². The first-order valence-electron chi connectivity index (χ1n) is 6.18. The molecule has 0 spiro atoms. The third-order valence-electron chi connectivity index (χ3n) is 3.11. The van der Waals surface area contributed by atoms with Crippen LogP contribution < -0.4 is 0 Å². The molecular formula is C16H16O2S. The van der Waals surface area contributed by atoms with Gasteiger partial charge in [-0.15, -0.1) is 0 Å². The molecule has 1 N–H and O–H groups in total. The first-order valence-corrected chi connectivity index (χ1v) is 6.82. The summed E-state index contributed by atoms with van der Waals surface area (Å²) in [7, 11) is 0. The predicted octanol–water partition coefficient (Wildman–Crippen LogP) is 3.53. The van der Waals surface area contributed by atoms with Gasteiger partial charge >= 0.3 is 5.97 Å². The molecule has 2 aromatic carbocycles. The number of hydrogen-bond acceptors (Lipinski definition) is 2. The molecule has 0 radical (unpaired) electrons. The lowest BCUT2D eigenvalue weighted by Gasteiger charge is -2.10. The summed E-state index contributed by atoms with van der Waals surface area (Å²) in [6.45, 7) is 0. The largest absolute Gasteiger partial charge is 0.481 e. The van der Waals surface area contributed by atoms with Gasteiger partial charge in [-0.2, -0.15) is 12.6 Å². The number of aliphatic carboxylic acids is 1. The van der Waals surface area contributed by atoms with E-state index < -0.39 is 11.9 Å². The quantitative estimate of drug-likeness (QED) is 0.817. The van der Waals surface area contributed by atoms with Crippen molar-refractivity contribution in [2.45, 2.75) is 6.42 Å². The van der Waals surface area contributed by atoms with Gasteiger partial charge in [-0.1, -0.05) is 54.6 Å². The van der Waals surface area contributed by atoms with Gasteiger partial charge in [-0.25, -0.2) is 0 Å². The number of carboxylic acid groups (broad SMARTS) is 1. The van der Waals surface area contributed by atoms with Gasteiger partial charge in [0.1, 0.15) is 0 Å². The van der Waals surface area contributed by atoms with Crippen LogP contribution in [-0.2, 0) is 11.2 Å². The second-order valence-corrected chi connectivity index (χ2v) is 4.85. The molecule has 2 nitrogen and oxygen atoms in total. The molecule has 2 rings (SSSR count). The molecule has 0 aliphatic heterocycles. The highest BCUT2D eigenvalue weighted by Crippen LogP contribution is 2.20. The van der Waals surface area contributed by atoms with E-state index in [1.54, 1.807) is 0 Å². The average Bonchev–Trinajstić information content (AvgIpc) is 2.46. The summed E-state index contributed by atoms with van der Waals surface area (Å²) in [6, 6.07) is 18.1. The number of carbonyl (C=O) groups is 1. The van der Waals surface area contributed by atoms with Crippen LogP contribution >= 0.6 is 12.6 Å². The summed E-state index contributed by atoms with van der Waals surface area (Å²) in [5.74, 6) is -0.858. The zero-order valence-electron chi connectivity index (χ0n) is 10.5. The molecule has 98 valence electrons. The Balaban J connectivity index is 2.13. The lowest BCUT2D eigenvalue weighted by atomic mass is 9.98. The summed E-state index contributed by atoms with van der Waals surface area (Å²) in [5, 5.41) is 9.02. The van der Waals surface area contributed by atoms with E-state index in [4.69, 9.17) is 5.11 Å². The van der Waals surface area contributed by atoms with Crippen molar-refractivity contribution in [2.75, 3.05) is 5.75 Å². The van der Waals surface area contributed by atoms with Crippen LogP contribution in [0.2, 0.25) is 0 Å². The van der Waals surface area contributed by atoms with Crippen molar-refractivity contribution in [3.8, 4) is 11.1 Å². The molecule has 0 bridgehead atoms. The van der Waals surface area contributed by atoms with E-state index >= 15 is 0 Å². The van der Waals surface area contributed by atoms with Gasteiger partial charge in [0, 0.05) is 5.75 Å². The van der Waals surface area contributed by atoms with Gasteiger partial charge in [0.25, 0.3) is 0 Å². The molecule has 0 aliphatic carbocycles. The van der Waals surface area contributed by atoms with Gasteiger partial charge in [0.15, 0.2) is 0 Å². The highest BCUT2D eigenvalue weighted by atomic mass is 32.1. The van der Waals surface area contributed by atoms with Crippen molar-refractivity contribution < 1.29 is 9.90 Å². The minimum absolute atomic E-state index is 0.357. The summed E-state index contributed by atoms with van der Waals surface area (Å²) in [6.07, 6.45) is 0.522. The molecule has 0 saturated heterocycles. The Morgan fingerprint density at radius 3 is 2.11 bits per heavy atom. The zero-order chi connectivity index (χ0) is 13.7. The van der Waals surface area contributed by atoms with Crippen molar-refractivity contribution in [3.63, 3.8) is 0 Å². The predicted molar refractivity (Wildman–Crippen MR) is 80.6 cm³/mol. The van der Waals surface area contributed by atoms with Crippen molar-refractivity contribution in [2.24, 2.45) is 5.92 Å². The first-order chi connectivity index (χ1) is 9.20. The van der Waals surface area contributed by atoms with Crippen LogP contribution in [0.3, 0.4) is 0 Å². The Bertz CT molecular complexity index is 534. The van der Waals surface area contributed by atoms with Crippen molar-refractivity contribution in [3.05, 3.63) is 60.2 Å². The number of carboxylic acids is 1. The van der Waals surface area contributed by atoms with Crippen LogP contribution in [-0.4, -0.2) is 16.8 Å². The van der Waals surface area contributed by atoms with Gasteiger partial charge in [-0.05, 0) is 23.1 Å².